The fourth-order valence-electron chi connectivity index (χ4n) is 2.13. The molecule has 1 unspecified atom stereocenters. The van der Waals surface area contributed by atoms with Gasteiger partial charge in [-0.1, -0.05) is 19.1 Å². The summed E-state index contributed by atoms with van der Waals surface area (Å²) in [5.41, 5.74) is -0.114. The quantitative estimate of drug-likeness (QED) is 0.946. The first-order chi connectivity index (χ1) is 8.49. The minimum absolute atomic E-state index is 0.363. The van der Waals surface area contributed by atoms with Gasteiger partial charge in [0.1, 0.15) is 11.4 Å². The van der Waals surface area contributed by atoms with Crippen molar-refractivity contribution >= 4 is 15.9 Å². The van der Waals surface area contributed by atoms with Crippen LogP contribution in [0.15, 0.2) is 34.9 Å². The molecule has 0 spiro atoms. The first-order valence-corrected chi connectivity index (χ1v) is 6.44. The topological polar surface area (TPSA) is 38.1 Å². The average molecular weight is 313 g/mol. The van der Waals surface area contributed by atoms with E-state index in [1.807, 2.05) is 6.92 Å². The van der Waals surface area contributed by atoms with E-state index in [-0.39, 0.29) is 5.82 Å². The zero-order valence-corrected chi connectivity index (χ0v) is 11.8. The van der Waals surface area contributed by atoms with Crippen molar-refractivity contribution in [3.8, 4) is 0 Å². The Morgan fingerprint density at radius 2 is 2.22 bits per heavy atom. The van der Waals surface area contributed by atoms with Crippen LogP contribution in [0.4, 0.5) is 4.39 Å². The van der Waals surface area contributed by atoms with Gasteiger partial charge in [0.25, 0.3) is 0 Å². The van der Waals surface area contributed by atoms with E-state index in [9.17, 15) is 9.50 Å². The smallest absolute Gasteiger partial charge is 0.132 e. The van der Waals surface area contributed by atoms with E-state index in [0.717, 1.165) is 0 Å². The normalized spacial score (nSPS) is 14.5. The summed E-state index contributed by atoms with van der Waals surface area (Å²) >= 11 is 3.37. The second-order valence-electron chi connectivity index (χ2n) is 4.19. The van der Waals surface area contributed by atoms with Gasteiger partial charge in [0.2, 0.25) is 0 Å². The molecule has 2 aromatic rings. The molecular formula is C13H14BrFN2O. The van der Waals surface area contributed by atoms with Crippen molar-refractivity contribution in [2.45, 2.75) is 18.9 Å². The molecular weight excluding hydrogens is 299 g/mol. The number of benzene rings is 1. The minimum atomic E-state index is -1.26. The van der Waals surface area contributed by atoms with Crippen molar-refractivity contribution < 1.29 is 9.50 Å². The lowest BCUT2D eigenvalue weighted by atomic mass is 9.88. The lowest BCUT2D eigenvalue weighted by molar-refractivity contribution is 0.0666. The first kappa shape index (κ1) is 13.2. The molecule has 1 aromatic heterocycles. The summed E-state index contributed by atoms with van der Waals surface area (Å²) in [5, 5.41) is 15.0. The van der Waals surface area contributed by atoms with Crippen molar-refractivity contribution in [3.05, 3.63) is 52.0 Å². The molecule has 0 saturated carbocycles. The first-order valence-electron chi connectivity index (χ1n) is 5.65. The molecule has 2 rings (SSSR count). The number of nitrogens with zero attached hydrogens (tertiary/aromatic N) is 2. The lowest BCUT2D eigenvalue weighted by Gasteiger charge is -2.28. The van der Waals surface area contributed by atoms with Crippen LogP contribution >= 0.6 is 15.9 Å². The number of aliphatic hydroxyl groups is 1. The summed E-state index contributed by atoms with van der Waals surface area (Å²) in [4.78, 5) is 0. The van der Waals surface area contributed by atoms with Crippen LogP contribution in [0.5, 0.6) is 0 Å². The second-order valence-corrected chi connectivity index (χ2v) is 5.04. The average Bonchev–Trinajstić information content (AvgIpc) is 2.69. The van der Waals surface area contributed by atoms with Gasteiger partial charge in [-0.25, -0.2) is 4.39 Å². The van der Waals surface area contributed by atoms with Gasteiger partial charge in [-0.05, 0) is 40.0 Å². The highest BCUT2D eigenvalue weighted by Gasteiger charge is 2.34. The summed E-state index contributed by atoms with van der Waals surface area (Å²) in [7, 11) is 1.75. The molecule has 5 heteroatoms. The van der Waals surface area contributed by atoms with Gasteiger partial charge in [0.15, 0.2) is 0 Å². The number of rotatable bonds is 3. The van der Waals surface area contributed by atoms with E-state index in [1.54, 1.807) is 30.1 Å². The van der Waals surface area contributed by atoms with E-state index in [2.05, 4.69) is 21.0 Å². The highest BCUT2D eigenvalue weighted by atomic mass is 79.9. The number of halogens is 2. The van der Waals surface area contributed by atoms with Gasteiger partial charge in [-0.2, -0.15) is 5.10 Å². The Bertz CT molecular complexity index is 550. The van der Waals surface area contributed by atoms with Crippen molar-refractivity contribution in [1.29, 1.82) is 0 Å². The van der Waals surface area contributed by atoms with Gasteiger partial charge in [-0.15, -0.1) is 0 Å². The Labute approximate surface area is 113 Å². The molecule has 1 heterocycles. The highest BCUT2D eigenvalue weighted by molar-refractivity contribution is 9.10. The number of hydrogen-bond acceptors (Lipinski definition) is 2. The second kappa shape index (κ2) is 4.82. The van der Waals surface area contributed by atoms with Crippen LogP contribution in [-0.4, -0.2) is 14.9 Å². The highest BCUT2D eigenvalue weighted by Crippen LogP contribution is 2.36. The third-order valence-electron chi connectivity index (χ3n) is 3.10. The van der Waals surface area contributed by atoms with Crippen LogP contribution in [0.2, 0.25) is 0 Å². The van der Waals surface area contributed by atoms with Crippen LogP contribution in [0, 0.1) is 5.82 Å². The van der Waals surface area contributed by atoms with Crippen molar-refractivity contribution in [2.75, 3.05) is 0 Å². The van der Waals surface area contributed by atoms with E-state index >= 15 is 0 Å². The zero-order chi connectivity index (χ0) is 13.3. The number of aromatic nitrogens is 2. The number of hydrogen-bond donors (Lipinski definition) is 1. The maximum absolute atomic E-state index is 13.3. The summed E-state index contributed by atoms with van der Waals surface area (Å²) in [6.07, 6.45) is 2.05. The molecule has 18 heavy (non-hydrogen) atoms. The number of aryl methyl sites for hydroxylation is 1. The monoisotopic (exact) mass is 312 g/mol. The predicted octanol–water partition coefficient (Wildman–Crippen LogP) is 2.97. The van der Waals surface area contributed by atoms with E-state index in [4.69, 9.17) is 0 Å². The fraction of sp³-hybridized carbons (Fsp3) is 0.308. The Balaban J connectivity index is 2.62. The standard InChI is InChI=1S/C13H14BrFN2O/c1-3-13(18,9-5-4-6-10(15)7-9)12-11(14)8-16-17(12)2/h4-8,18H,3H2,1-2H3. The molecule has 3 nitrogen and oxygen atoms in total. The molecule has 1 atom stereocenters. The molecule has 0 aliphatic heterocycles. The van der Waals surface area contributed by atoms with E-state index in [0.29, 0.717) is 22.2 Å². The van der Waals surface area contributed by atoms with Gasteiger partial charge >= 0.3 is 0 Å². The molecule has 0 aliphatic rings. The van der Waals surface area contributed by atoms with Gasteiger partial charge in [0.05, 0.1) is 16.4 Å². The Morgan fingerprint density at radius 1 is 1.50 bits per heavy atom. The van der Waals surface area contributed by atoms with E-state index < -0.39 is 5.60 Å². The molecule has 0 radical (unpaired) electrons. The van der Waals surface area contributed by atoms with Crippen LogP contribution in [0.3, 0.4) is 0 Å². The van der Waals surface area contributed by atoms with Crippen LogP contribution in [0.25, 0.3) is 0 Å². The Kier molecular flexibility index (Phi) is 3.54. The molecule has 0 saturated heterocycles. The van der Waals surface area contributed by atoms with Crippen LogP contribution in [-0.2, 0) is 12.6 Å². The SMILES string of the molecule is CCC(O)(c1cccc(F)c1)c1c(Br)cnn1C. The Hall–Kier alpha value is -1.20. The summed E-state index contributed by atoms with van der Waals surface area (Å²) in [6.45, 7) is 1.85. The van der Waals surface area contributed by atoms with Crippen LogP contribution in [0.1, 0.15) is 24.6 Å². The fourth-order valence-corrected chi connectivity index (χ4v) is 2.81. The summed E-state index contributed by atoms with van der Waals surface area (Å²) < 4.78 is 15.6. The summed E-state index contributed by atoms with van der Waals surface area (Å²) in [5.74, 6) is -0.363. The maximum Gasteiger partial charge on any atom is 0.132 e. The maximum atomic E-state index is 13.3. The Morgan fingerprint density at radius 3 is 2.72 bits per heavy atom. The molecule has 1 N–H and O–H groups in total. The van der Waals surface area contributed by atoms with Crippen LogP contribution < -0.4 is 0 Å². The molecule has 1 aromatic carbocycles. The summed E-state index contributed by atoms with van der Waals surface area (Å²) in [6, 6.07) is 6.02. The van der Waals surface area contributed by atoms with Gasteiger partial charge in [0, 0.05) is 7.05 Å². The van der Waals surface area contributed by atoms with Gasteiger partial charge < -0.3 is 5.11 Å². The minimum Gasteiger partial charge on any atom is -0.379 e. The molecule has 96 valence electrons. The molecule has 0 fully saturated rings. The van der Waals surface area contributed by atoms with Gasteiger partial charge in [-0.3, -0.25) is 4.68 Å². The predicted molar refractivity (Wildman–Crippen MR) is 70.6 cm³/mol. The molecule has 0 aliphatic carbocycles. The largest absolute Gasteiger partial charge is 0.379 e. The third-order valence-corrected chi connectivity index (χ3v) is 3.68. The lowest BCUT2D eigenvalue weighted by Crippen LogP contribution is -2.29. The van der Waals surface area contributed by atoms with Crippen molar-refractivity contribution in [2.24, 2.45) is 7.05 Å². The van der Waals surface area contributed by atoms with E-state index in [1.165, 1.54) is 12.1 Å². The molecule has 0 amide bonds. The zero-order valence-electron chi connectivity index (χ0n) is 10.2. The van der Waals surface area contributed by atoms with Crippen molar-refractivity contribution in [3.63, 3.8) is 0 Å². The van der Waals surface area contributed by atoms with Crippen molar-refractivity contribution in [1.82, 2.24) is 9.78 Å². The molecule has 0 bridgehead atoms. The third kappa shape index (κ3) is 2.08.